The van der Waals surface area contributed by atoms with E-state index in [2.05, 4.69) is 35.5 Å². The second kappa shape index (κ2) is 9.77. The summed E-state index contributed by atoms with van der Waals surface area (Å²) in [4.78, 5) is 32.8. The van der Waals surface area contributed by atoms with Crippen LogP contribution in [0.2, 0.25) is 0 Å². The van der Waals surface area contributed by atoms with Crippen LogP contribution in [0.3, 0.4) is 0 Å². The Kier molecular flexibility index (Phi) is 6.65. The van der Waals surface area contributed by atoms with Gasteiger partial charge in [-0.1, -0.05) is 11.3 Å². The average molecular weight is 441 g/mol. The molecule has 4 N–H and O–H groups in total. The third-order valence-electron chi connectivity index (χ3n) is 4.81. The number of nitrogens with two attached hydrogens (primary N) is 1. The van der Waals surface area contributed by atoms with E-state index >= 15 is 0 Å². The van der Waals surface area contributed by atoms with Crippen LogP contribution in [0.4, 0.5) is 16.8 Å². The minimum atomic E-state index is -0.199. The molecule has 0 aliphatic carbocycles. The van der Waals surface area contributed by atoms with E-state index in [4.69, 9.17) is 10.5 Å². The summed E-state index contributed by atoms with van der Waals surface area (Å²) in [6.07, 6.45) is 6.56. The molecule has 0 aromatic carbocycles. The number of carbonyl (C=O) groups excluding carboxylic acids is 1. The maximum absolute atomic E-state index is 12.2. The number of ether oxygens (including phenoxy) is 1. The smallest absolute Gasteiger partial charge is 0.252 e. The zero-order chi connectivity index (χ0) is 21.6. The number of morpholine rings is 1. The standard InChI is InChI=1S/C20H24N8O2S/c1-13-17(25-12-26-18(13)28-4-6-30-7-5-28)27-20-24-11-16(31-20)14-8-15(10-22-9-14)19(29)23-3-2-21/h8-12H,2-7,21H2,1H3,(H,23,29)(H,24,25,26,27). The van der Waals surface area contributed by atoms with Gasteiger partial charge in [-0.2, -0.15) is 0 Å². The van der Waals surface area contributed by atoms with Crippen LogP contribution in [-0.4, -0.2) is 65.2 Å². The maximum atomic E-state index is 12.2. The van der Waals surface area contributed by atoms with Crippen LogP contribution in [-0.2, 0) is 4.74 Å². The molecule has 11 heteroatoms. The molecule has 0 saturated carbocycles. The van der Waals surface area contributed by atoms with E-state index in [1.807, 2.05) is 6.92 Å². The van der Waals surface area contributed by atoms with Crippen molar-refractivity contribution in [3.63, 3.8) is 0 Å². The van der Waals surface area contributed by atoms with Gasteiger partial charge in [0.2, 0.25) is 0 Å². The highest BCUT2D eigenvalue weighted by molar-refractivity contribution is 7.18. The predicted octanol–water partition coefficient (Wildman–Crippen LogP) is 1.57. The number of carbonyl (C=O) groups is 1. The molecule has 162 valence electrons. The molecule has 3 aromatic rings. The molecule has 31 heavy (non-hydrogen) atoms. The molecule has 0 bridgehead atoms. The second-order valence-electron chi connectivity index (χ2n) is 6.93. The Bertz CT molecular complexity index is 1050. The summed E-state index contributed by atoms with van der Waals surface area (Å²) in [5, 5.41) is 6.74. The molecule has 4 rings (SSSR count). The van der Waals surface area contributed by atoms with Crippen molar-refractivity contribution in [1.29, 1.82) is 0 Å². The average Bonchev–Trinajstić information content (AvgIpc) is 3.28. The Balaban J connectivity index is 1.51. The fourth-order valence-corrected chi connectivity index (χ4v) is 4.01. The number of aromatic nitrogens is 4. The Labute approximate surface area is 183 Å². The summed E-state index contributed by atoms with van der Waals surface area (Å²) in [5.74, 6) is 1.42. The lowest BCUT2D eigenvalue weighted by Crippen LogP contribution is -2.37. The van der Waals surface area contributed by atoms with Gasteiger partial charge in [0.15, 0.2) is 5.13 Å². The van der Waals surface area contributed by atoms with E-state index in [0.29, 0.717) is 42.8 Å². The van der Waals surface area contributed by atoms with Gasteiger partial charge >= 0.3 is 0 Å². The zero-order valence-corrected chi connectivity index (χ0v) is 18.0. The van der Waals surface area contributed by atoms with Crippen molar-refractivity contribution in [2.75, 3.05) is 49.6 Å². The van der Waals surface area contributed by atoms with E-state index in [0.717, 1.165) is 34.9 Å². The summed E-state index contributed by atoms with van der Waals surface area (Å²) in [5.41, 5.74) is 7.70. The number of hydrogen-bond acceptors (Lipinski definition) is 10. The fraction of sp³-hybridized carbons (Fsp3) is 0.350. The first kappa shape index (κ1) is 21.1. The van der Waals surface area contributed by atoms with Gasteiger partial charge in [0, 0.05) is 55.9 Å². The lowest BCUT2D eigenvalue weighted by molar-refractivity contribution is 0.0954. The van der Waals surface area contributed by atoms with Gasteiger partial charge in [-0.15, -0.1) is 0 Å². The fourth-order valence-electron chi connectivity index (χ4n) is 3.21. The first-order valence-corrected chi connectivity index (χ1v) is 10.8. The molecule has 0 radical (unpaired) electrons. The number of thiazole rings is 1. The lowest BCUT2D eigenvalue weighted by atomic mass is 10.2. The van der Waals surface area contributed by atoms with E-state index in [1.54, 1.807) is 24.8 Å². The van der Waals surface area contributed by atoms with Crippen LogP contribution in [0, 0.1) is 6.92 Å². The molecule has 0 unspecified atom stereocenters. The van der Waals surface area contributed by atoms with Crippen molar-refractivity contribution in [3.05, 3.63) is 42.1 Å². The molecular weight excluding hydrogens is 416 g/mol. The number of nitrogens with one attached hydrogen (secondary N) is 2. The van der Waals surface area contributed by atoms with Crippen LogP contribution in [0.1, 0.15) is 15.9 Å². The zero-order valence-electron chi connectivity index (χ0n) is 17.2. The molecule has 10 nitrogen and oxygen atoms in total. The van der Waals surface area contributed by atoms with Crippen LogP contribution in [0.25, 0.3) is 10.4 Å². The molecule has 0 atom stereocenters. The summed E-state index contributed by atoms with van der Waals surface area (Å²) in [6.45, 7) is 5.80. The van der Waals surface area contributed by atoms with E-state index in [-0.39, 0.29) is 5.91 Å². The highest BCUT2D eigenvalue weighted by Gasteiger charge is 2.18. The third-order valence-corrected chi connectivity index (χ3v) is 5.78. The summed E-state index contributed by atoms with van der Waals surface area (Å²) in [7, 11) is 0. The first-order chi connectivity index (χ1) is 15.2. The Morgan fingerprint density at radius 3 is 2.87 bits per heavy atom. The minimum absolute atomic E-state index is 0.199. The van der Waals surface area contributed by atoms with Crippen LogP contribution in [0.15, 0.2) is 31.0 Å². The van der Waals surface area contributed by atoms with Crippen molar-refractivity contribution in [3.8, 4) is 10.4 Å². The number of hydrogen-bond donors (Lipinski definition) is 3. The van der Waals surface area contributed by atoms with Crippen molar-refractivity contribution in [2.45, 2.75) is 6.92 Å². The normalized spacial score (nSPS) is 13.8. The molecule has 1 fully saturated rings. The van der Waals surface area contributed by atoms with Crippen molar-refractivity contribution in [1.82, 2.24) is 25.3 Å². The Hall–Kier alpha value is -3.15. The Morgan fingerprint density at radius 1 is 1.23 bits per heavy atom. The summed E-state index contributed by atoms with van der Waals surface area (Å²) < 4.78 is 5.43. The maximum Gasteiger partial charge on any atom is 0.252 e. The predicted molar refractivity (Wildman–Crippen MR) is 120 cm³/mol. The summed E-state index contributed by atoms with van der Waals surface area (Å²) in [6, 6.07) is 1.79. The third kappa shape index (κ3) is 4.95. The molecule has 1 aliphatic heterocycles. The number of nitrogens with zero attached hydrogens (tertiary/aromatic N) is 5. The largest absolute Gasteiger partial charge is 0.378 e. The van der Waals surface area contributed by atoms with Gasteiger partial charge in [-0.05, 0) is 13.0 Å². The van der Waals surface area contributed by atoms with Gasteiger partial charge in [-0.25, -0.2) is 15.0 Å². The van der Waals surface area contributed by atoms with Crippen LogP contribution < -0.4 is 21.3 Å². The molecule has 4 heterocycles. The van der Waals surface area contributed by atoms with Crippen molar-refractivity contribution < 1.29 is 9.53 Å². The summed E-state index contributed by atoms with van der Waals surface area (Å²) >= 11 is 1.46. The number of amides is 1. The molecule has 0 spiro atoms. The minimum Gasteiger partial charge on any atom is -0.378 e. The number of pyridine rings is 1. The van der Waals surface area contributed by atoms with Crippen LogP contribution >= 0.6 is 11.3 Å². The quantitative estimate of drug-likeness (QED) is 0.501. The van der Waals surface area contributed by atoms with Crippen LogP contribution in [0.5, 0.6) is 0 Å². The molecule has 3 aromatic heterocycles. The van der Waals surface area contributed by atoms with Crippen molar-refractivity contribution in [2.24, 2.45) is 5.73 Å². The monoisotopic (exact) mass is 440 g/mol. The lowest BCUT2D eigenvalue weighted by Gasteiger charge is -2.29. The first-order valence-electron chi connectivity index (χ1n) is 9.96. The Morgan fingerprint density at radius 2 is 2.06 bits per heavy atom. The van der Waals surface area contributed by atoms with E-state index < -0.39 is 0 Å². The highest BCUT2D eigenvalue weighted by Crippen LogP contribution is 2.32. The van der Waals surface area contributed by atoms with Gasteiger partial charge < -0.3 is 26.0 Å². The second-order valence-corrected chi connectivity index (χ2v) is 7.96. The van der Waals surface area contributed by atoms with Crippen molar-refractivity contribution >= 4 is 34.0 Å². The number of anilines is 3. The van der Waals surface area contributed by atoms with Gasteiger partial charge in [0.1, 0.15) is 18.0 Å². The molecular formula is C20H24N8O2S. The number of rotatable bonds is 7. The molecule has 1 aliphatic rings. The van der Waals surface area contributed by atoms with Gasteiger partial charge in [0.05, 0.1) is 23.7 Å². The van der Waals surface area contributed by atoms with Gasteiger partial charge in [0.25, 0.3) is 5.91 Å². The van der Waals surface area contributed by atoms with Gasteiger partial charge in [-0.3, -0.25) is 9.78 Å². The van der Waals surface area contributed by atoms with E-state index in [1.165, 1.54) is 17.5 Å². The highest BCUT2D eigenvalue weighted by atomic mass is 32.1. The molecule has 1 saturated heterocycles. The molecule has 1 amide bonds. The SMILES string of the molecule is Cc1c(Nc2ncc(-c3cncc(C(=O)NCCN)c3)s2)ncnc1N1CCOCC1. The topological polar surface area (TPSA) is 131 Å². The van der Waals surface area contributed by atoms with E-state index in [9.17, 15) is 4.79 Å².